The first-order valence-electron chi connectivity index (χ1n) is 31.5. The summed E-state index contributed by atoms with van der Waals surface area (Å²) in [6.07, 6.45) is 30.8. The molecule has 0 saturated heterocycles. The molecule has 0 aliphatic rings. The number of unbranched alkanes of at least 4 members (excludes halogenated alkanes) is 23. The number of aliphatic hydroxyl groups is 1. The van der Waals surface area contributed by atoms with Crippen LogP contribution in [0.5, 0.6) is 0 Å². The first-order valence-corrected chi connectivity index (χ1v) is 34.5. The average Bonchev–Trinajstić information content (AvgIpc) is 3.42. The number of phosphoric acid groups is 2. The summed E-state index contributed by atoms with van der Waals surface area (Å²) in [6.45, 7) is 11.6. The number of hydrogen-bond donors (Lipinski definition) is 3. The molecule has 0 rings (SSSR count). The minimum Gasteiger partial charge on any atom is -0.462 e. The number of ether oxygens (including phenoxy) is 4. The number of rotatable bonds is 58. The lowest BCUT2D eigenvalue weighted by Gasteiger charge is -2.21. The zero-order valence-electron chi connectivity index (χ0n) is 50.8. The third-order valence-corrected chi connectivity index (χ3v) is 16.6. The topological polar surface area (TPSA) is 237 Å². The maximum Gasteiger partial charge on any atom is 0.472 e. The van der Waals surface area contributed by atoms with Crippen LogP contribution in [0.15, 0.2) is 0 Å². The zero-order chi connectivity index (χ0) is 58.8. The highest BCUT2D eigenvalue weighted by Gasteiger charge is 2.30. The standard InChI is InChI=1S/C60H116O17P2/c1-8-12-13-14-17-27-34-41-57(62)70-47-56(77-60(65)44-37-30-23-21-26-33-40-53(7)11-4)50-75-79(68,69)73-46-54(61)45-72-78(66,67)74-49-55(48-71-58(63)42-35-28-22-20-25-32-39-52(6)10-3)76-59(64)43-36-29-19-16-15-18-24-31-38-51(5)9-2/h51-56,61H,8-50H2,1-7H3,(H,66,67)(H,68,69)/t51?,52?,53?,54-,55-,56-/m1/s1. The van der Waals surface area contributed by atoms with Crippen molar-refractivity contribution in [1.29, 1.82) is 0 Å². The molecule has 0 heterocycles. The molecule has 0 amide bonds. The molecule has 17 nitrogen and oxygen atoms in total. The van der Waals surface area contributed by atoms with Crippen LogP contribution in [0.3, 0.4) is 0 Å². The Morgan fingerprint density at radius 1 is 0.354 bits per heavy atom. The van der Waals surface area contributed by atoms with E-state index in [0.29, 0.717) is 25.7 Å². The molecule has 8 atom stereocenters. The lowest BCUT2D eigenvalue weighted by molar-refractivity contribution is -0.161. The number of carbonyl (C=O) groups is 4. The lowest BCUT2D eigenvalue weighted by atomic mass is 9.99. The Morgan fingerprint density at radius 3 is 0.899 bits per heavy atom. The smallest absolute Gasteiger partial charge is 0.462 e. The molecule has 0 bridgehead atoms. The van der Waals surface area contributed by atoms with Crippen molar-refractivity contribution in [2.24, 2.45) is 17.8 Å². The number of esters is 4. The quantitative estimate of drug-likeness (QED) is 0.0222. The van der Waals surface area contributed by atoms with Crippen molar-refractivity contribution in [2.75, 3.05) is 39.6 Å². The monoisotopic (exact) mass is 1170 g/mol. The van der Waals surface area contributed by atoms with E-state index in [1.54, 1.807) is 0 Å². The number of aliphatic hydroxyl groups excluding tert-OH is 1. The van der Waals surface area contributed by atoms with Gasteiger partial charge in [-0.05, 0) is 43.4 Å². The van der Waals surface area contributed by atoms with Crippen LogP contribution in [0.25, 0.3) is 0 Å². The molecule has 0 aromatic heterocycles. The van der Waals surface area contributed by atoms with Crippen LogP contribution in [-0.4, -0.2) is 96.7 Å². The summed E-state index contributed by atoms with van der Waals surface area (Å²) >= 11 is 0. The zero-order valence-corrected chi connectivity index (χ0v) is 52.6. The first kappa shape index (κ1) is 77.1. The predicted octanol–water partition coefficient (Wildman–Crippen LogP) is 15.9. The molecule has 0 saturated carbocycles. The van der Waals surface area contributed by atoms with Crippen LogP contribution in [0.4, 0.5) is 0 Å². The van der Waals surface area contributed by atoms with Crippen molar-refractivity contribution in [3.63, 3.8) is 0 Å². The van der Waals surface area contributed by atoms with E-state index in [0.717, 1.165) is 127 Å². The maximum atomic E-state index is 12.9. The van der Waals surface area contributed by atoms with Crippen molar-refractivity contribution < 1.29 is 80.2 Å². The second kappa shape index (κ2) is 51.7. The van der Waals surface area contributed by atoms with E-state index in [1.807, 2.05) is 0 Å². The van der Waals surface area contributed by atoms with Crippen LogP contribution in [-0.2, 0) is 65.4 Å². The molecule has 79 heavy (non-hydrogen) atoms. The van der Waals surface area contributed by atoms with Crippen molar-refractivity contribution >= 4 is 39.5 Å². The molecule has 19 heteroatoms. The molecule has 0 radical (unpaired) electrons. The van der Waals surface area contributed by atoms with Gasteiger partial charge in [0.1, 0.15) is 19.3 Å². The number of carbonyl (C=O) groups excluding carboxylic acids is 4. The van der Waals surface area contributed by atoms with Crippen LogP contribution in [0, 0.1) is 17.8 Å². The van der Waals surface area contributed by atoms with E-state index in [1.165, 1.54) is 77.0 Å². The molecule has 0 aromatic rings. The van der Waals surface area contributed by atoms with Gasteiger partial charge in [0.25, 0.3) is 0 Å². The fourth-order valence-electron chi connectivity index (χ4n) is 8.68. The molecular formula is C60H116O17P2. The number of hydrogen-bond acceptors (Lipinski definition) is 15. The highest BCUT2D eigenvalue weighted by Crippen LogP contribution is 2.45. The minimum atomic E-state index is -4.94. The van der Waals surface area contributed by atoms with Gasteiger partial charge in [-0.2, -0.15) is 0 Å². The first-order chi connectivity index (χ1) is 37.8. The van der Waals surface area contributed by atoms with E-state index in [9.17, 15) is 43.2 Å². The molecule has 3 N–H and O–H groups in total. The predicted molar refractivity (Wildman–Crippen MR) is 312 cm³/mol. The van der Waals surface area contributed by atoms with Crippen LogP contribution in [0.1, 0.15) is 286 Å². The fourth-order valence-corrected chi connectivity index (χ4v) is 10.3. The Morgan fingerprint density at radius 2 is 0.608 bits per heavy atom. The van der Waals surface area contributed by atoms with Gasteiger partial charge >= 0.3 is 39.5 Å². The molecule has 0 spiro atoms. The molecule has 0 aromatic carbocycles. The highest BCUT2D eigenvalue weighted by molar-refractivity contribution is 7.47. The molecule has 5 unspecified atom stereocenters. The third-order valence-electron chi connectivity index (χ3n) is 14.7. The van der Waals surface area contributed by atoms with Gasteiger partial charge in [-0.15, -0.1) is 0 Å². The summed E-state index contributed by atoms with van der Waals surface area (Å²) in [5.74, 6) is 0.0708. The Hall–Kier alpha value is -1.94. The normalized spacial score (nSPS) is 15.5. The van der Waals surface area contributed by atoms with Gasteiger partial charge < -0.3 is 33.8 Å². The van der Waals surface area contributed by atoms with Gasteiger partial charge in [0, 0.05) is 25.7 Å². The van der Waals surface area contributed by atoms with Gasteiger partial charge in [0.2, 0.25) is 0 Å². The maximum absolute atomic E-state index is 12.9. The van der Waals surface area contributed by atoms with Crippen LogP contribution < -0.4 is 0 Å². The van der Waals surface area contributed by atoms with E-state index < -0.39 is 97.5 Å². The molecule has 468 valence electrons. The van der Waals surface area contributed by atoms with Crippen molar-refractivity contribution in [3.05, 3.63) is 0 Å². The van der Waals surface area contributed by atoms with Gasteiger partial charge in [-0.25, -0.2) is 9.13 Å². The summed E-state index contributed by atoms with van der Waals surface area (Å²) in [4.78, 5) is 71.9. The van der Waals surface area contributed by atoms with E-state index in [-0.39, 0.29) is 25.7 Å². The van der Waals surface area contributed by atoms with Crippen LogP contribution >= 0.6 is 15.6 Å². The van der Waals surface area contributed by atoms with Gasteiger partial charge in [-0.1, -0.05) is 235 Å². The highest BCUT2D eigenvalue weighted by atomic mass is 31.2. The van der Waals surface area contributed by atoms with Crippen LogP contribution in [0.2, 0.25) is 0 Å². The Kier molecular flexibility index (Phi) is 50.4. The van der Waals surface area contributed by atoms with E-state index >= 15 is 0 Å². The summed E-state index contributed by atoms with van der Waals surface area (Å²) < 4.78 is 67.7. The Bertz CT molecular complexity index is 1590. The molecule has 0 aliphatic heterocycles. The SMILES string of the molecule is CCCCCCCCCC(=O)OC[C@H](COP(=O)(O)OC[C@H](O)COP(=O)(O)OC[C@@H](COC(=O)CCCCCCCCC(C)CC)OC(=O)CCCCCCCCCCC(C)CC)OC(=O)CCCCCCCCC(C)CC. The Labute approximate surface area is 479 Å². The Balaban J connectivity index is 5.25. The van der Waals surface area contributed by atoms with Gasteiger partial charge in [-0.3, -0.25) is 37.3 Å². The second-order valence-electron chi connectivity index (χ2n) is 22.5. The summed E-state index contributed by atoms with van der Waals surface area (Å²) in [5, 5.41) is 10.5. The summed E-state index contributed by atoms with van der Waals surface area (Å²) in [6, 6.07) is 0. The average molecular weight is 1170 g/mol. The second-order valence-corrected chi connectivity index (χ2v) is 25.4. The molecule has 0 aliphatic carbocycles. The molecule has 0 fully saturated rings. The van der Waals surface area contributed by atoms with Gasteiger partial charge in [0.05, 0.1) is 26.4 Å². The lowest BCUT2D eigenvalue weighted by Crippen LogP contribution is -2.30. The minimum absolute atomic E-state index is 0.102. The fraction of sp³-hybridized carbons (Fsp3) is 0.933. The summed E-state index contributed by atoms with van der Waals surface area (Å²) in [7, 11) is -9.88. The third kappa shape index (κ3) is 51.4. The number of phosphoric ester groups is 2. The van der Waals surface area contributed by atoms with Crippen molar-refractivity contribution in [3.8, 4) is 0 Å². The summed E-state index contributed by atoms with van der Waals surface area (Å²) in [5.41, 5.74) is 0. The van der Waals surface area contributed by atoms with E-state index in [2.05, 4.69) is 48.5 Å². The van der Waals surface area contributed by atoms with Gasteiger partial charge in [0.15, 0.2) is 12.2 Å². The van der Waals surface area contributed by atoms with E-state index in [4.69, 9.17) is 37.0 Å². The molecular weight excluding hydrogens is 1050 g/mol. The van der Waals surface area contributed by atoms with Crippen molar-refractivity contribution in [1.82, 2.24) is 0 Å². The largest absolute Gasteiger partial charge is 0.472 e. The van der Waals surface area contributed by atoms with Crippen molar-refractivity contribution in [2.45, 2.75) is 304 Å².